The SMILES string of the molecule is Cc1cnc(CNc2cc(C(F)(F)F)nc(N)n2)s1. The summed E-state index contributed by atoms with van der Waals surface area (Å²) in [6.45, 7) is 2.18. The lowest BCUT2D eigenvalue weighted by molar-refractivity contribution is -0.141. The van der Waals surface area contributed by atoms with Gasteiger partial charge in [0.05, 0.1) is 6.54 Å². The van der Waals surface area contributed by atoms with E-state index in [-0.39, 0.29) is 12.4 Å². The number of anilines is 2. The van der Waals surface area contributed by atoms with Gasteiger partial charge in [0.1, 0.15) is 10.8 Å². The van der Waals surface area contributed by atoms with Crippen LogP contribution in [0.4, 0.5) is 24.9 Å². The van der Waals surface area contributed by atoms with Crippen LogP contribution in [0.3, 0.4) is 0 Å². The maximum atomic E-state index is 12.5. The van der Waals surface area contributed by atoms with E-state index >= 15 is 0 Å². The maximum Gasteiger partial charge on any atom is 0.433 e. The zero-order chi connectivity index (χ0) is 14.0. The molecular formula is C10H10F3N5S. The van der Waals surface area contributed by atoms with E-state index in [1.54, 1.807) is 6.20 Å². The van der Waals surface area contributed by atoms with Gasteiger partial charge in [0.15, 0.2) is 5.69 Å². The number of thiazole rings is 1. The van der Waals surface area contributed by atoms with Crippen molar-refractivity contribution in [2.24, 2.45) is 0 Å². The second-order valence-corrected chi connectivity index (χ2v) is 5.03. The lowest BCUT2D eigenvalue weighted by Gasteiger charge is -2.09. The summed E-state index contributed by atoms with van der Waals surface area (Å²) in [6.07, 6.45) is -2.86. The van der Waals surface area contributed by atoms with Crippen molar-refractivity contribution in [3.63, 3.8) is 0 Å². The zero-order valence-corrected chi connectivity index (χ0v) is 10.6. The molecule has 0 aromatic carbocycles. The van der Waals surface area contributed by atoms with Crippen LogP contribution in [0.2, 0.25) is 0 Å². The molecular weight excluding hydrogens is 279 g/mol. The van der Waals surface area contributed by atoms with Crippen LogP contribution in [0.5, 0.6) is 0 Å². The number of hydrogen-bond acceptors (Lipinski definition) is 6. The summed E-state index contributed by atoms with van der Waals surface area (Å²) in [5.74, 6) is -0.402. The number of nitrogen functional groups attached to an aromatic ring is 1. The molecule has 0 radical (unpaired) electrons. The number of halogens is 3. The van der Waals surface area contributed by atoms with E-state index in [1.807, 2.05) is 6.92 Å². The molecule has 0 aliphatic rings. The van der Waals surface area contributed by atoms with E-state index in [4.69, 9.17) is 5.73 Å². The third-order valence-electron chi connectivity index (χ3n) is 2.12. The number of nitrogens with one attached hydrogen (secondary N) is 1. The van der Waals surface area contributed by atoms with E-state index in [0.717, 1.165) is 16.0 Å². The highest BCUT2D eigenvalue weighted by Crippen LogP contribution is 2.29. The summed E-state index contributed by atoms with van der Waals surface area (Å²) in [5, 5.41) is 3.50. The van der Waals surface area contributed by atoms with Gasteiger partial charge in [-0.3, -0.25) is 0 Å². The fraction of sp³-hybridized carbons (Fsp3) is 0.300. The molecule has 0 fully saturated rings. The van der Waals surface area contributed by atoms with Crippen molar-refractivity contribution >= 4 is 23.1 Å². The number of alkyl halides is 3. The Hall–Kier alpha value is -1.90. The largest absolute Gasteiger partial charge is 0.433 e. The highest BCUT2D eigenvalue weighted by atomic mass is 32.1. The molecule has 0 unspecified atom stereocenters. The predicted octanol–water partition coefficient (Wildman–Crippen LogP) is 2.45. The minimum absolute atomic E-state index is 0.0210. The first-order valence-corrected chi connectivity index (χ1v) is 6.03. The molecule has 0 atom stereocenters. The molecule has 5 nitrogen and oxygen atoms in total. The maximum absolute atomic E-state index is 12.5. The summed E-state index contributed by atoms with van der Waals surface area (Å²) >= 11 is 1.45. The Labute approximate surface area is 110 Å². The molecule has 19 heavy (non-hydrogen) atoms. The van der Waals surface area contributed by atoms with Crippen LogP contribution >= 0.6 is 11.3 Å². The van der Waals surface area contributed by atoms with Gasteiger partial charge >= 0.3 is 6.18 Å². The van der Waals surface area contributed by atoms with Gasteiger partial charge in [0, 0.05) is 17.1 Å². The van der Waals surface area contributed by atoms with Crippen molar-refractivity contribution < 1.29 is 13.2 Å². The van der Waals surface area contributed by atoms with E-state index in [1.165, 1.54) is 11.3 Å². The number of hydrogen-bond donors (Lipinski definition) is 2. The van der Waals surface area contributed by atoms with Gasteiger partial charge in [-0.05, 0) is 6.92 Å². The standard InChI is InChI=1S/C10H10F3N5S/c1-5-3-16-8(19-5)4-15-7-2-6(10(11,12)13)17-9(14)18-7/h2-3H,4H2,1H3,(H3,14,15,17,18). The van der Waals surface area contributed by atoms with Crippen molar-refractivity contribution in [2.45, 2.75) is 19.6 Å². The van der Waals surface area contributed by atoms with Gasteiger partial charge in [-0.25, -0.2) is 9.97 Å². The Bertz CT molecular complexity index is 581. The first-order chi connectivity index (χ1) is 8.84. The van der Waals surface area contributed by atoms with E-state index in [9.17, 15) is 13.2 Å². The van der Waals surface area contributed by atoms with Crippen LogP contribution in [0.25, 0.3) is 0 Å². The number of nitrogens with zero attached hydrogens (tertiary/aromatic N) is 3. The molecule has 3 N–H and O–H groups in total. The second kappa shape index (κ2) is 5.00. The van der Waals surface area contributed by atoms with E-state index < -0.39 is 17.8 Å². The summed E-state index contributed by atoms with van der Waals surface area (Å²) in [7, 11) is 0. The van der Waals surface area contributed by atoms with Crippen LogP contribution in [0.15, 0.2) is 12.3 Å². The van der Waals surface area contributed by atoms with Crippen LogP contribution in [0, 0.1) is 6.92 Å². The molecule has 0 amide bonds. The molecule has 102 valence electrons. The average molecular weight is 289 g/mol. The molecule has 2 heterocycles. The van der Waals surface area contributed by atoms with Crippen molar-refractivity contribution in [1.29, 1.82) is 0 Å². The first-order valence-electron chi connectivity index (χ1n) is 5.21. The van der Waals surface area contributed by atoms with Gasteiger partial charge < -0.3 is 11.1 Å². The van der Waals surface area contributed by atoms with Gasteiger partial charge in [0.25, 0.3) is 0 Å². The minimum atomic E-state index is -4.55. The smallest absolute Gasteiger partial charge is 0.368 e. The molecule has 2 aromatic heterocycles. The minimum Gasteiger partial charge on any atom is -0.368 e. The van der Waals surface area contributed by atoms with Gasteiger partial charge in [-0.15, -0.1) is 11.3 Å². The fourth-order valence-corrected chi connectivity index (χ4v) is 2.08. The van der Waals surface area contributed by atoms with Gasteiger partial charge in [-0.2, -0.15) is 18.2 Å². The molecule has 0 spiro atoms. The monoisotopic (exact) mass is 289 g/mol. The Morgan fingerprint density at radius 3 is 2.68 bits per heavy atom. The van der Waals surface area contributed by atoms with Crippen molar-refractivity contribution in [3.05, 3.63) is 27.8 Å². The Morgan fingerprint density at radius 2 is 2.11 bits per heavy atom. The van der Waals surface area contributed by atoms with Crippen LogP contribution in [0.1, 0.15) is 15.6 Å². The van der Waals surface area contributed by atoms with E-state index in [2.05, 4.69) is 20.3 Å². The Balaban J connectivity index is 2.14. The summed E-state index contributed by atoms with van der Waals surface area (Å²) < 4.78 is 37.6. The normalized spacial score (nSPS) is 11.6. The van der Waals surface area contributed by atoms with Crippen molar-refractivity contribution in [3.8, 4) is 0 Å². The first kappa shape index (κ1) is 13.5. The highest BCUT2D eigenvalue weighted by molar-refractivity contribution is 7.11. The Kier molecular flexibility index (Phi) is 3.56. The predicted molar refractivity (Wildman–Crippen MR) is 65.6 cm³/mol. The second-order valence-electron chi connectivity index (χ2n) is 3.71. The zero-order valence-electron chi connectivity index (χ0n) is 9.82. The third kappa shape index (κ3) is 3.53. The fourth-order valence-electron chi connectivity index (χ4n) is 1.35. The van der Waals surface area contributed by atoms with Crippen molar-refractivity contribution in [1.82, 2.24) is 15.0 Å². The van der Waals surface area contributed by atoms with Gasteiger partial charge in [0.2, 0.25) is 5.95 Å². The van der Waals surface area contributed by atoms with Crippen LogP contribution in [-0.2, 0) is 12.7 Å². The third-order valence-corrected chi connectivity index (χ3v) is 3.04. The number of nitrogens with two attached hydrogens (primary N) is 1. The van der Waals surface area contributed by atoms with Crippen LogP contribution in [-0.4, -0.2) is 15.0 Å². The van der Waals surface area contributed by atoms with E-state index in [0.29, 0.717) is 0 Å². The number of aryl methyl sites for hydroxylation is 1. The molecule has 0 saturated heterocycles. The molecule has 9 heteroatoms. The molecule has 0 aliphatic carbocycles. The van der Waals surface area contributed by atoms with Gasteiger partial charge in [-0.1, -0.05) is 0 Å². The molecule has 0 bridgehead atoms. The highest BCUT2D eigenvalue weighted by Gasteiger charge is 2.33. The molecule has 0 saturated carbocycles. The number of aromatic nitrogens is 3. The average Bonchev–Trinajstić information content (AvgIpc) is 2.71. The Morgan fingerprint density at radius 1 is 1.37 bits per heavy atom. The lowest BCUT2D eigenvalue weighted by atomic mass is 10.4. The summed E-state index contributed by atoms with van der Waals surface area (Å²) in [5.41, 5.74) is 4.18. The summed E-state index contributed by atoms with van der Waals surface area (Å²) in [6, 6.07) is 0.816. The molecule has 2 rings (SSSR count). The van der Waals surface area contributed by atoms with Crippen LogP contribution < -0.4 is 11.1 Å². The quantitative estimate of drug-likeness (QED) is 0.907. The molecule has 0 aliphatic heterocycles. The van der Waals surface area contributed by atoms with Crippen molar-refractivity contribution in [2.75, 3.05) is 11.1 Å². The summed E-state index contributed by atoms with van der Waals surface area (Å²) in [4.78, 5) is 12.0. The molecule has 2 aromatic rings. The topological polar surface area (TPSA) is 76.7 Å². The number of rotatable bonds is 3. The lowest BCUT2D eigenvalue weighted by Crippen LogP contribution is -2.12.